The van der Waals surface area contributed by atoms with Gasteiger partial charge >= 0.3 is 0 Å². The summed E-state index contributed by atoms with van der Waals surface area (Å²) in [6.45, 7) is 5.22. The number of carbonyl (C=O) groups is 2. The first-order valence-electron chi connectivity index (χ1n) is 10.3. The molecule has 0 saturated carbocycles. The lowest BCUT2D eigenvalue weighted by atomic mass is 9.76. The molecular formula is C23H28N2O4. The number of hydrogen-bond acceptors (Lipinski definition) is 4. The fraction of sp³-hybridized carbons (Fsp3) is 0.478. The average Bonchev–Trinajstić information content (AvgIpc) is 3.22. The van der Waals surface area contributed by atoms with Crippen LogP contribution >= 0.6 is 0 Å². The first-order valence-corrected chi connectivity index (χ1v) is 10.3. The summed E-state index contributed by atoms with van der Waals surface area (Å²) in [5.41, 5.74) is 1.36. The highest BCUT2D eigenvalue weighted by Gasteiger charge is 2.44. The zero-order chi connectivity index (χ0) is 20.4. The summed E-state index contributed by atoms with van der Waals surface area (Å²) in [6.07, 6.45) is 5.78. The van der Waals surface area contributed by atoms with Gasteiger partial charge < -0.3 is 19.4 Å². The highest BCUT2D eigenvalue weighted by atomic mass is 16.5. The van der Waals surface area contributed by atoms with Gasteiger partial charge in [-0.15, -0.1) is 0 Å². The topological polar surface area (TPSA) is 71.8 Å². The lowest BCUT2D eigenvalue weighted by Crippen LogP contribution is -2.52. The highest BCUT2D eigenvalue weighted by molar-refractivity contribution is 5.93. The van der Waals surface area contributed by atoms with E-state index in [1.807, 2.05) is 36.9 Å². The summed E-state index contributed by atoms with van der Waals surface area (Å²) < 4.78 is 11.5. The number of nitrogens with one attached hydrogen (secondary N) is 1. The van der Waals surface area contributed by atoms with Crippen molar-refractivity contribution in [2.45, 2.75) is 57.1 Å². The van der Waals surface area contributed by atoms with Gasteiger partial charge in [0.15, 0.2) is 0 Å². The number of rotatable bonds is 4. The second kappa shape index (κ2) is 7.93. The van der Waals surface area contributed by atoms with E-state index in [9.17, 15) is 9.59 Å². The Morgan fingerprint density at radius 1 is 1.21 bits per heavy atom. The molecule has 0 bridgehead atoms. The molecule has 1 N–H and O–H groups in total. The van der Waals surface area contributed by atoms with Crippen LogP contribution in [0.2, 0.25) is 0 Å². The molecule has 1 aromatic carbocycles. The third-order valence-electron chi connectivity index (χ3n) is 5.92. The van der Waals surface area contributed by atoms with Crippen LogP contribution in [0.5, 0.6) is 5.75 Å². The first-order chi connectivity index (χ1) is 14.0. The smallest absolute Gasteiger partial charge is 0.257 e. The molecule has 1 saturated heterocycles. The molecule has 0 aliphatic carbocycles. The van der Waals surface area contributed by atoms with Gasteiger partial charge in [-0.05, 0) is 38.0 Å². The molecule has 2 aliphatic heterocycles. The minimum absolute atomic E-state index is 0.00216. The van der Waals surface area contributed by atoms with Crippen molar-refractivity contribution in [3.05, 3.63) is 54.0 Å². The van der Waals surface area contributed by atoms with E-state index in [1.165, 1.54) is 12.5 Å². The summed E-state index contributed by atoms with van der Waals surface area (Å²) in [6, 6.07) is 9.85. The Kier molecular flexibility index (Phi) is 5.35. The number of furan rings is 1. The molecule has 0 radical (unpaired) electrons. The standard InChI is InChI=1S/C23H28N2O4/c1-16(2)24-21(26)13-18-14-23(29-20-6-4-3-5-19(18)20)8-10-25(11-9-23)22(27)17-7-12-28-15-17/h3-7,12,15-16,18H,8-11,13-14H2,1-2H3,(H,24,26)/t18-/m1/s1. The molecule has 1 aromatic heterocycles. The monoisotopic (exact) mass is 396 g/mol. The largest absolute Gasteiger partial charge is 0.487 e. The van der Waals surface area contributed by atoms with Crippen LogP contribution in [0.1, 0.15) is 61.4 Å². The normalized spacial score (nSPS) is 20.2. The molecule has 1 fully saturated rings. The third kappa shape index (κ3) is 4.16. The Bertz CT molecular complexity index is 867. The predicted molar refractivity (Wildman–Crippen MR) is 109 cm³/mol. The van der Waals surface area contributed by atoms with Crippen LogP contribution in [-0.4, -0.2) is 41.4 Å². The molecule has 6 heteroatoms. The maximum atomic E-state index is 12.6. The van der Waals surface area contributed by atoms with Gasteiger partial charge in [-0.1, -0.05) is 18.2 Å². The molecule has 6 nitrogen and oxygen atoms in total. The Morgan fingerprint density at radius 3 is 2.66 bits per heavy atom. The second-order valence-corrected chi connectivity index (χ2v) is 8.45. The average molecular weight is 396 g/mol. The van der Waals surface area contributed by atoms with Crippen LogP contribution < -0.4 is 10.1 Å². The van der Waals surface area contributed by atoms with Gasteiger partial charge in [0, 0.05) is 44.3 Å². The van der Waals surface area contributed by atoms with E-state index in [1.54, 1.807) is 6.07 Å². The van der Waals surface area contributed by atoms with Crippen LogP contribution in [0.15, 0.2) is 47.3 Å². The lowest BCUT2D eigenvalue weighted by Gasteiger charge is -2.47. The summed E-state index contributed by atoms with van der Waals surface area (Å²) in [5, 5.41) is 3.01. The Balaban J connectivity index is 1.49. The van der Waals surface area contributed by atoms with Crippen LogP contribution in [-0.2, 0) is 4.79 Å². The lowest BCUT2D eigenvalue weighted by molar-refractivity contribution is -0.122. The number of fused-ring (bicyclic) bond motifs is 1. The molecule has 154 valence electrons. The van der Waals surface area contributed by atoms with Gasteiger partial charge in [0.25, 0.3) is 5.91 Å². The Hall–Kier alpha value is -2.76. The van der Waals surface area contributed by atoms with Crippen molar-refractivity contribution >= 4 is 11.8 Å². The van der Waals surface area contributed by atoms with E-state index in [0.29, 0.717) is 25.1 Å². The quantitative estimate of drug-likeness (QED) is 0.855. The van der Waals surface area contributed by atoms with Crippen molar-refractivity contribution in [1.29, 1.82) is 0 Å². The molecule has 2 aromatic rings. The summed E-state index contributed by atoms with van der Waals surface area (Å²) in [5.74, 6) is 1.06. The summed E-state index contributed by atoms with van der Waals surface area (Å²) >= 11 is 0. The van der Waals surface area contributed by atoms with E-state index in [0.717, 1.165) is 30.6 Å². The number of amides is 2. The molecule has 29 heavy (non-hydrogen) atoms. The van der Waals surface area contributed by atoms with Crippen molar-refractivity contribution in [3.8, 4) is 5.75 Å². The zero-order valence-corrected chi connectivity index (χ0v) is 17.0. The van der Waals surface area contributed by atoms with Gasteiger partial charge in [0.2, 0.25) is 5.91 Å². The van der Waals surface area contributed by atoms with Crippen LogP contribution in [0, 0.1) is 0 Å². The number of benzene rings is 1. The molecule has 3 heterocycles. The number of para-hydroxylation sites is 1. The Labute approximate surface area is 171 Å². The first kappa shape index (κ1) is 19.6. The SMILES string of the molecule is CC(C)NC(=O)C[C@@H]1CC2(CCN(C(=O)c3ccoc3)CC2)Oc2ccccc21. The minimum atomic E-state index is -0.329. The van der Waals surface area contributed by atoms with Crippen molar-refractivity contribution in [3.63, 3.8) is 0 Å². The molecule has 0 unspecified atom stereocenters. The van der Waals surface area contributed by atoms with E-state index in [-0.39, 0.29) is 29.4 Å². The van der Waals surface area contributed by atoms with Gasteiger partial charge in [-0.2, -0.15) is 0 Å². The van der Waals surface area contributed by atoms with Gasteiger partial charge in [-0.3, -0.25) is 9.59 Å². The fourth-order valence-electron chi connectivity index (χ4n) is 4.52. The van der Waals surface area contributed by atoms with E-state index >= 15 is 0 Å². The van der Waals surface area contributed by atoms with Gasteiger partial charge in [0.1, 0.15) is 17.6 Å². The predicted octanol–water partition coefficient (Wildman–Crippen LogP) is 3.74. The molecule has 1 spiro atoms. The van der Waals surface area contributed by atoms with Crippen molar-refractivity contribution in [2.24, 2.45) is 0 Å². The zero-order valence-electron chi connectivity index (χ0n) is 17.0. The van der Waals surface area contributed by atoms with E-state index in [4.69, 9.17) is 9.15 Å². The number of ether oxygens (including phenoxy) is 1. The molecular weight excluding hydrogens is 368 g/mol. The number of nitrogens with zero attached hydrogens (tertiary/aromatic N) is 1. The van der Waals surface area contributed by atoms with Crippen LogP contribution in [0.25, 0.3) is 0 Å². The number of hydrogen-bond donors (Lipinski definition) is 1. The maximum Gasteiger partial charge on any atom is 0.257 e. The van der Waals surface area contributed by atoms with Gasteiger partial charge in [-0.25, -0.2) is 0 Å². The maximum absolute atomic E-state index is 12.6. The molecule has 2 aliphatic rings. The van der Waals surface area contributed by atoms with Crippen LogP contribution in [0.3, 0.4) is 0 Å². The number of piperidine rings is 1. The van der Waals surface area contributed by atoms with E-state index in [2.05, 4.69) is 11.4 Å². The number of carbonyl (C=O) groups excluding carboxylic acids is 2. The number of likely N-dealkylation sites (tertiary alicyclic amines) is 1. The second-order valence-electron chi connectivity index (χ2n) is 8.45. The fourth-order valence-corrected chi connectivity index (χ4v) is 4.52. The minimum Gasteiger partial charge on any atom is -0.487 e. The van der Waals surface area contributed by atoms with E-state index < -0.39 is 0 Å². The van der Waals surface area contributed by atoms with Gasteiger partial charge in [0.05, 0.1) is 11.8 Å². The van der Waals surface area contributed by atoms with Crippen molar-refractivity contribution in [2.75, 3.05) is 13.1 Å². The van der Waals surface area contributed by atoms with Crippen molar-refractivity contribution in [1.82, 2.24) is 10.2 Å². The van der Waals surface area contributed by atoms with Crippen molar-refractivity contribution < 1.29 is 18.7 Å². The Morgan fingerprint density at radius 2 is 1.97 bits per heavy atom. The summed E-state index contributed by atoms with van der Waals surface area (Å²) in [7, 11) is 0. The molecule has 2 amide bonds. The molecule has 4 rings (SSSR count). The highest BCUT2D eigenvalue weighted by Crippen LogP contribution is 2.46. The third-order valence-corrected chi connectivity index (χ3v) is 5.92. The summed E-state index contributed by atoms with van der Waals surface area (Å²) in [4.78, 5) is 26.9. The molecule has 1 atom stereocenters. The van der Waals surface area contributed by atoms with Crippen LogP contribution in [0.4, 0.5) is 0 Å².